The van der Waals surface area contributed by atoms with E-state index in [1.165, 1.54) is 6.07 Å². The molecule has 0 aliphatic carbocycles. The van der Waals surface area contributed by atoms with E-state index in [2.05, 4.69) is 20.9 Å². The van der Waals surface area contributed by atoms with Gasteiger partial charge in [-0.2, -0.15) is 0 Å². The van der Waals surface area contributed by atoms with Crippen molar-refractivity contribution in [3.05, 3.63) is 42.0 Å². The van der Waals surface area contributed by atoms with Crippen LogP contribution < -0.4 is 15.4 Å². The van der Waals surface area contributed by atoms with Gasteiger partial charge in [0.25, 0.3) is 5.91 Å². The van der Waals surface area contributed by atoms with Gasteiger partial charge in [-0.1, -0.05) is 17.3 Å². The Balaban J connectivity index is 0.00000243. The van der Waals surface area contributed by atoms with Gasteiger partial charge in [-0.25, -0.2) is 9.07 Å². The van der Waals surface area contributed by atoms with Crippen molar-refractivity contribution in [2.45, 2.75) is 31.9 Å². The van der Waals surface area contributed by atoms with Crippen LogP contribution in [0.5, 0.6) is 5.75 Å². The van der Waals surface area contributed by atoms with Crippen molar-refractivity contribution in [2.24, 2.45) is 0 Å². The Hall–Kier alpha value is -2.19. The largest absolute Gasteiger partial charge is 0.486 e. The quantitative estimate of drug-likeness (QED) is 0.797. The van der Waals surface area contributed by atoms with Crippen LogP contribution in [0.1, 0.15) is 36.3 Å². The monoisotopic (exact) mass is 383 g/mol. The number of ether oxygens (including phenoxy) is 1. The summed E-state index contributed by atoms with van der Waals surface area (Å²) in [6.45, 7) is 3.89. The Kier molecular flexibility index (Phi) is 7.35. The second kappa shape index (κ2) is 9.49. The normalized spacial score (nSPS) is 15.8. The fourth-order valence-electron chi connectivity index (χ4n) is 2.76. The number of nitrogens with zero attached hydrogens (tertiary/aromatic N) is 3. The Morgan fingerprint density at radius 3 is 2.88 bits per heavy atom. The number of para-hydroxylation sites is 1. The van der Waals surface area contributed by atoms with Crippen molar-refractivity contribution < 1.29 is 13.9 Å². The van der Waals surface area contributed by atoms with Gasteiger partial charge < -0.3 is 15.4 Å². The molecule has 0 saturated carbocycles. The Labute approximate surface area is 157 Å². The van der Waals surface area contributed by atoms with E-state index in [1.807, 2.05) is 0 Å². The van der Waals surface area contributed by atoms with Crippen molar-refractivity contribution in [1.82, 2.24) is 25.6 Å². The van der Waals surface area contributed by atoms with Gasteiger partial charge in [0.2, 0.25) is 0 Å². The highest BCUT2D eigenvalue weighted by atomic mass is 35.5. The number of halogens is 2. The van der Waals surface area contributed by atoms with Crippen molar-refractivity contribution in [1.29, 1.82) is 0 Å². The molecule has 2 heterocycles. The molecular formula is C17H23ClFN5O2. The molecule has 1 saturated heterocycles. The molecule has 1 aromatic carbocycles. The summed E-state index contributed by atoms with van der Waals surface area (Å²) in [4.78, 5) is 12.2. The van der Waals surface area contributed by atoms with Crippen molar-refractivity contribution in [3.63, 3.8) is 0 Å². The molecule has 0 bridgehead atoms. The predicted molar refractivity (Wildman–Crippen MR) is 97.2 cm³/mol. The molecule has 1 amide bonds. The van der Waals surface area contributed by atoms with Gasteiger partial charge in [-0.3, -0.25) is 4.79 Å². The van der Waals surface area contributed by atoms with E-state index in [0.29, 0.717) is 0 Å². The SMILES string of the molecule is CC(CNC(=O)c1cn(C2CCNCC2)nn1)Oc1ccccc1F.Cl. The predicted octanol–water partition coefficient (Wildman–Crippen LogP) is 1.96. The fourth-order valence-corrected chi connectivity index (χ4v) is 2.76. The van der Waals surface area contributed by atoms with Crippen LogP contribution in [0.15, 0.2) is 30.5 Å². The average molecular weight is 384 g/mol. The van der Waals surface area contributed by atoms with Crippen molar-refractivity contribution >= 4 is 18.3 Å². The molecule has 3 rings (SSSR count). The number of piperidine rings is 1. The molecule has 142 valence electrons. The molecule has 1 aliphatic rings. The zero-order valence-electron chi connectivity index (χ0n) is 14.5. The Bertz CT molecular complexity index is 721. The summed E-state index contributed by atoms with van der Waals surface area (Å²) in [5.74, 6) is -0.573. The molecule has 1 aromatic heterocycles. The third kappa shape index (κ3) is 5.15. The Morgan fingerprint density at radius 2 is 2.15 bits per heavy atom. The zero-order chi connectivity index (χ0) is 17.6. The first-order valence-corrected chi connectivity index (χ1v) is 8.45. The van der Waals surface area contributed by atoms with Crippen LogP contribution >= 0.6 is 12.4 Å². The second-order valence-corrected chi connectivity index (χ2v) is 6.13. The number of hydrogen-bond acceptors (Lipinski definition) is 5. The minimum Gasteiger partial charge on any atom is -0.486 e. The number of rotatable bonds is 6. The van der Waals surface area contributed by atoms with E-state index in [4.69, 9.17) is 4.74 Å². The Morgan fingerprint density at radius 1 is 1.42 bits per heavy atom. The van der Waals surface area contributed by atoms with Crippen LogP contribution in [-0.2, 0) is 0 Å². The summed E-state index contributed by atoms with van der Waals surface area (Å²) in [5.41, 5.74) is 0.275. The van der Waals surface area contributed by atoms with E-state index in [0.717, 1.165) is 25.9 Å². The number of benzene rings is 1. The molecule has 0 radical (unpaired) electrons. The summed E-state index contributed by atoms with van der Waals surface area (Å²) in [6.07, 6.45) is 3.24. The van der Waals surface area contributed by atoms with E-state index >= 15 is 0 Å². The molecule has 1 aliphatic heterocycles. The second-order valence-electron chi connectivity index (χ2n) is 6.13. The average Bonchev–Trinajstić information content (AvgIpc) is 3.13. The highest BCUT2D eigenvalue weighted by Crippen LogP contribution is 2.18. The first kappa shape index (κ1) is 20.1. The van der Waals surface area contributed by atoms with Crippen molar-refractivity contribution in [3.8, 4) is 5.75 Å². The molecule has 0 spiro atoms. The molecule has 2 aromatic rings. The minimum atomic E-state index is -0.425. The molecule has 1 fully saturated rings. The van der Waals surface area contributed by atoms with Gasteiger partial charge in [0.05, 0.1) is 18.8 Å². The van der Waals surface area contributed by atoms with E-state index < -0.39 is 5.82 Å². The van der Waals surface area contributed by atoms with Gasteiger partial charge in [-0.05, 0) is 45.0 Å². The summed E-state index contributed by atoms with van der Waals surface area (Å²) < 4.78 is 20.8. The lowest BCUT2D eigenvalue weighted by Crippen LogP contribution is -2.34. The van der Waals surface area contributed by atoms with E-state index in [-0.39, 0.29) is 48.4 Å². The first-order chi connectivity index (χ1) is 12.1. The van der Waals surface area contributed by atoms with Gasteiger partial charge >= 0.3 is 0 Å². The van der Waals surface area contributed by atoms with Crippen LogP contribution in [0, 0.1) is 5.82 Å². The lowest BCUT2D eigenvalue weighted by atomic mass is 10.1. The maximum Gasteiger partial charge on any atom is 0.273 e. The van der Waals surface area contributed by atoms with Crippen LogP contribution in [-0.4, -0.2) is 46.6 Å². The third-order valence-electron chi connectivity index (χ3n) is 4.14. The number of carbonyl (C=O) groups is 1. The number of carbonyl (C=O) groups excluding carboxylic acids is 1. The third-order valence-corrected chi connectivity index (χ3v) is 4.14. The molecule has 26 heavy (non-hydrogen) atoms. The summed E-state index contributed by atoms with van der Waals surface area (Å²) in [6, 6.07) is 6.46. The molecule has 7 nitrogen and oxygen atoms in total. The van der Waals surface area contributed by atoms with Gasteiger partial charge in [0.15, 0.2) is 17.3 Å². The van der Waals surface area contributed by atoms with Crippen LogP contribution in [0.4, 0.5) is 4.39 Å². The highest BCUT2D eigenvalue weighted by Gasteiger charge is 2.19. The van der Waals surface area contributed by atoms with Crippen LogP contribution in [0.3, 0.4) is 0 Å². The van der Waals surface area contributed by atoms with E-state index in [9.17, 15) is 9.18 Å². The lowest BCUT2D eigenvalue weighted by Gasteiger charge is -2.22. The molecule has 2 N–H and O–H groups in total. The number of hydrogen-bond donors (Lipinski definition) is 2. The smallest absolute Gasteiger partial charge is 0.273 e. The number of amides is 1. The number of nitrogens with one attached hydrogen (secondary N) is 2. The maximum atomic E-state index is 13.6. The van der Waals surface area contributed by atoms with Gasteiger partial charge in [0, 0.05) is 0 Å². The topological polar surface area (TPSA) is 81.1 Å². The molecule has 9 heteroatoms. The van der Waals surface area contributed by atoms with Gasteiger partial charge in [-0.15, -0.1) is 17.5 Å². The van der Waals surface area contributed by atoms with Crippen LogP contribution in [0.2, 0.25) is 0 Å². The number of aromatic nitrogens is 3. The standard InChI is InChI=1S/C17H22FN5O2.ClH/c1-12(25-16-5-3-2-4-14(16)18)10-20-17(24)15-11-23(22-21-15)13-6-8-19-9-7-13;/h2-5,11-13,19H,6-10H2,1H3,(H,20,24);1H. The fraction of sp³-hybridized carbons (Fsp3) is 0.471. The molecule has 1 atom stereocenters. The summed E-state index contributed by atoms with van der Waals surface area (Å²) in [5, 5.41) is 14.0. The van der Waals surface area contributed by atoms with Crippen molar-refractivity contribution in [2.75, 3.05) is 19.6 Å². The maximum absolute atomic E-state index is 13.6. The molecule has 1 unspecified atom stereocenters. The molecular weight excluding hydrogens is 361 g/mol. The lowest BCUT2D eigenvalue weighted by molar-refractivity contribution is 0.0926. The minimum absolute atomic E-state index is 0. The summed E-state index contributed by atoms with van der Waals surface area (Å²) >= 11 is 0. The zero-order valence-corrected chi connectivity index (χ0v) is 15.3. The van der Waals surface area contributed by atoms with Gasteiger partial charge in [0.1, 0.15) is 6.10 Å². The van der Waals surface area contributed by atoms with Crippen LogP contribution in [0.25, 0.3) is 0 Å². The first-order valence-electron chi connectivity index (χ1n) is 8.45. The highest BCUT2D eigenvalue weighted by molar-refractivity contribution is 5.91. The summed E-state index contributed by atoms with van der Waals surface area (Å²) in [7, 11) is 0. The van der Waals surface area contributed by atoms with E-state index in [1.54, 1.807) is 36.0 Å².